The fourth-order valence-corrected chi connectivity index (χ4v) is 3.83. The van der Waals surface area contributed by atoms with Gasteiger partial charge in [0.05, 0.1) is 0 Å². The highest BCUT2D eigenvalue weighted by Crippen LogP contribution is 2.28. The van der Waals surface area contributed by atoms with Crippen molar-refractivity contribution in [3.8, 4) is 5.75 Å². The number of carbonyl (C=O) groups is 1. The molecular weight excluding hydrogens is 324 g/mol. The highest BCUT2D eigenvalue weighted by Gasteiger charge is 2.26. The fourth-order valence-electron chi connectivity index (χ4n) is 3.83. The number of ether oxygens (including phenoxy) is 1. The Kier molecular flexibility index (Phi) is 8.43. The normalized spacial score (nSPS) is 16.3. The standard InChI is InChI=1S/C22H36N2O2/c1-5-11-23(12-6-2)20-16-19-15-18(9-10-21(19)26-17-20)22(25)24(13-7-3)14-8-4/h9-10,15,20H,5-8,11-14,16-17H2,1-4H3. The van der Waals surface area contributed by atoms with E-state index in [9.17, 15) is 4.79 Å². The third-order valence-electron chi connectivity index (χ3n) is 5.01. The molecule has 0 fully saturated rings. The number of benzene rings is 1. The predicted molar refractivity (Wildman–Crippen MR) is 108 cm³/mol. The molecule has 1 aromatic carbocycles. The molecule has 0 N–H and O–H groups in total. The molecule has 2 rings (SSSR count). The summed E-state index contributed by atoms with van der Waals surface area (Å²) in [6, 6.07) is 6.39. The zero-order valence-corrected chi connectivity index (χ0v) is 17.1. The molecule has 1 amide bonds. The molecule has 0 spiro atoms. The summed E-state index contributed by atoms with van der Waals surface area (Å²) in [5.41, 5.74) is 1.98. The van der Waals surface area contributed by atoms with E-state index in [1.807, 2.05) is 17.0 Å². The average Bonchev–Trinajstić information content (AvgIpc) is 2.66. The van der Waals surface area contributed by atoms with E-state index in [2.05, 4.69) is 38.7 Å². The molecule has 0 radical (unpaired) electrons. The van der Waals surface area contributed by atoms with Gasteiger partial charge in [-0.3, -0.25) is 9.69 Å². The van der Waals surface area contributed by atoms with Gasteiger partial charge in [0.2, 0.25) is 0 Å². The molecule has 0 bridgehead atoms. The van der Waals surface area contributed by atoms with Crippen LogP contribution in [0.25, 0.3) is 0 Å². The Bertz CT molecular complexity index is 561. The zero-order valence-electron chi connectivity index (χ0n) is 17.1. The molecule has 0 aliphatic carbocycles. The number of rotatable bonds is 10. The summed E-state index contributed by atoms with van der Waals surface area (Å²) >= 11 is 0. The minimum atomic E-state index is 0.151. The van der Waals surface area contributed by atoms with Crippen molar-refractivity contribution in [1.82, 2.24) is 9.80 Å². The first kappa shape index (κ1) is 20.8. The van der Waals surface area contributed by atoms with Crippen LogP contribution in [0.5, 0.6) is 5.75 Å². The number of nitrogens with zero attached hydrogens (tertiary/aromatic N) is 2. The maximum Gasteiger partial charge on any atom is 0.253 e. The highest BCUT2D eigenvalue weighted by molar-refractivity contribution is 5.94. The lowest BCUT2D eigenvalue weighted by molar-refractivity contribution is 0.0754. The number of hydrogen-bond acceptors (Lipinski definition) is 3. The number of fused-ring (bicyclic) bond motifs is 1. The zero-order chi connectivity index (χ0) is 18.9. The lowest BCUT2D eigenvalue weighted by atomic mass is 9.98. The van der Waals surface area contributed by atoms with E-state index < -0.39 is 0 Å². The lowest BCUT2D eigenvalue weighted by Crippen LogP contribution is -2.44. The summed E-state index contributed by atoms with van der Waals surface area (Å²) in [4.78, 5) is 17.4. The van der Waals surface area contributed by atoms with Gasteiger partial charge in [-0.2, -0.15) is 0 Å². The molecule has 1 aliphatic heterocycles. The van der Waals surface area contributed by atoms with Crippen molar-refractivity contribution in [3.05, 3.63) is 29.3 Å². The van der Waals surface area contributed by atoms with Gasteiger partial charge in [-0.25, -0.2) is 0 Å². The second-order valence-electron chi connectivity index (χ2n) is 7.32. The Morgan fingerprint density at radius 1 is 1.00 bits per heavy atom. The van der Waals surface area contributed by atoms with E-state index in [1.54, 1.807) is 0 Å². The van der Waals surface area contributed by atoms with Crippen molar-refractivity contribution >= 4 is 5.91 Å². The quantitative estimate of drug-likeness (QED) is 0.621. The summed E-state index contributed by atoms with van der Waals surface area (Å²) in [7, 11) is 0. The van der Waals surface area contributed by atoms with Gasteiger partial charge >= 0.3 is 0 Å². The third kappa shape index (κ3) is 5.23. The first-order chi connectivity index (χ1) is 12.6. The van der Waals surface area contributed by atoms with Crippen LogP contribution < -0.4 is 4.74 Å². The van der Waals surface area contributed by atoms with Gasteiger partial charge in [0.25, 0.3) is 5.91 Å². The lowest BCUT2D eigenvalue weighted by Gasteiger charge is -2.35. The largest absolute Gasteiger partial charge is 0.492 e. The fraction of sp³-hybridized carbons (Fsp3) is 0.682. The Labute approximate surface area is 159 Å². The highest BCUT2D eigenvalue weighted by atomic mass is 16.5. The molecule has 0 aromatic heterocycles. The van der Waals surface area contributed by atoms with E-state index >= 15 is 0 Å². The van der Waals surface area contributed by atoms with Crippen LogP contribution in [-0.4, -0.2) is 54.5 Å². The first-order valence-electron chi connectivity index (χ1n) is 10.4. The molecular formula is C22H36N2O2. The van der Waals surface area contributed by atoms with Gasteiger partial charge < -0.3 is 9.64 Å². The van der Waals surface area contributed by atoms with Crippen LogP contribution in [0, 0.1) is 0 Å². The molecule has 1 atom stereocenters. The van der Waals surface area contributed by atoms with Crippen LogP contribution in [0.4, 0.5) is 0 Å². The van der Waals surface area contributed by atoms with Crippen LogP contribution in [0.15, 0.2) is 18.2 Å². The minimum absolute atomic E-state index is 0.151. The van der Waals surface area contributed by atoms with Gasteiger partial charge in [-0.1, -0.05) is 27.7 Å². The molecule has 4 nitrogen and oxygen atoms in total. The summed E-state index contributed by atoms with van der Waals surface area (Å²) < 4.78 is 6.03. The maximum absolute atomic E-state index is 12.9. The summed E-state index contributed by atoms with van der Waals surface area (Å²) in [5.74, 6) is 1.10. The van der Waals surface area contributed by atoms with Crippen LogP contribution in [0.3, 0.4) is 0 Å². The molecule has 146 valence electrons. The van der Waals surface area contributed by atoms with E-state index in [0.29, 0.717) is 6.04 Å². The first-order valence-corrected chi connectivity index (χ1v) is 10.4. The summed E-state index contributed by atoms with van der Waals surface area (Å²) in [5, 5.41) is 0. The maximum atomic E-state index is 12.9. The molecule has 1 aliphatic rings. The number of hydrogen-bond donors (Lipinski definition) is 0. The predicted octanol–water partition coefficient (Wildman–Crippen LogP) is 4.37. The van der Waals surface area contributed by atoms with Crippen molar-refractivity contribution in [2.45, 2.75) is 65.8 Å². The van der Waals surface area contributed by atoms with E-state index in [0.717, 1.165) is 76.2 Å². The minimum Gasteiger partial charge on any atom is -0.492 e. The second-order valence-corrected chi connectivity index (χ2v) is 7.32. The smallest absolute Gasteiger partial charge is 0.253 e. The van der Waals surface area contributed by atoms with Crippen LogP contribution >= 0.6 is 0 Å². The van der Waals surface area contributed by atoms with E-state index in [-0.39, 0.29) is 5.91 Å². The average molecular weight is 361 g/mol. The molecule has 1 aromatic rings. The van der Waals surface area contributed by atoms with Gasteiger partial charge in [0, 0.05) is 24.7 Å². The van der Waals surface area contributed by atoms with E-state index in [4.69, 9.17) is 4.74 Å². The Hall–Kier alpha value is -1.55. The number of amides is 1. The van der Waals surface area contributed by atoms with Crippen molar-refractivity contribution in [2.24, 2.45) is 0 Å². The molecule has 4 heteroatoms. The van der Waals surface area contributed by atoms with Crippen LogP contribution in [-0.2, 0) is 6.42 Å². The summed E-state index contributed by atoms with van der Waals surface area (Å²) in [6.45, 7) is 13.3. The topological polar surface area (TPSA) is 32.8 Å². The monoisotopic (exact) mass is 360 g/mol. The van der Waals surface area contributed by atoms with Gasteiger partial charge in [0.1, 0.15) is 12.4 Å². The SMILES string of the molecule is CCCN(CCC)C(=O)c1ccc2c(c1)CC(N(CCC)CCC)CO2. The van der Waals surface area contributed by atoms with Gasteiger partial charge in [0.15, 0.2) is 0 Å². The van der Waals surface area contributed by atoms with Crippen LogP contribution in [0.1, 0.15) is 69.3 Å². The number of carbonyl (C=O) groups excluding carboxylic acids is 1. The molecule has 0 saturated carbocycles. The van der Waals surface area contributed by atoms with Gasteiger partial charge in [-0.15, -0.1) is 0 Å². The van der Waals surface area contributed by atoms with Crippen molar-refractivity contribution in [1.29, 1.82) is 0 Å². The van der Waals surface area contributed by atoms with Gasteiger partial charge in [-0.05, 0) is 69.0 Å². The molecule has 1 unspecified atom stereocenters. The van der Waals surface area contributed by atoms with Crippen molar-refractivity contribution in [2.75, 3.05) is 32.8 Å². The molecule has 1 heterocycles. The van der Waals surface area contributed by atoms with Crippen molar-refractivity contribution in [3.63, 3.8) is 0 Å². The van der Waals surface area contributed by atoms with Crippen molar-refractivity contribution < 1.29 is 9.53 Å². The van der Waals surface area contributed by atoms with Crippen LogP contribution in [0.2, 0.25) is 0 Å². The Balaban J connectivity index is 2.16. The van der Waals surface area contributed by atoms with E-state index in [1.165, 1.54) is 5.56 Å². The molecule has 26 heavy (non-hydrogen) atoms. The third-order valence-corrected chi connectivity index (χ3v) is 5.01. The Morgan fingerprint density at radius 2 is 1.62 bits per heavy atom. The summed E-state index contributed by atoms with van der Waals surface area (Å²) in [6.07, 6.45) is 5.27. The Morgan fingerprint density at radius 3 is 2.19 bits per heavy atom. The second kappa shape index (κ2) is 10.6. The molecule has 0 saturated heterocycles.